The molecule has 7 nitrogen and oxygen atoms in total. The first-order valence-corrected chi connectivity index (χ1v) is 10.9. The SMILES string of the molecule is CCOc1ccc(OCCNC(=O)CN2CCC(c3nc4ccccc4o3)CC2)cc1. The van der Waals surface area contributed by atoms with Crippen molar-refractivity contribution in [3.63, 3.8) is 0 Å². The molecule has 7 heteroatoms. The summed E-state index contributed by atoms with van der Waals surface area (Å²) in [5.41, 5.74) is 1.75. The van der Waals surface area contributed by atoms with E-state index in [4.69, 9.17) is 13.9 Å². The van der Waals surface area contributed by atoms with Crippen LogP contribution < -0.4 is 14.8 Å². The summed E-state index contributed by atoms with van der Waals surface area (Å²) in [7, 11) is 0. The molecule has 0 saturated carbocycles. The molecule has 31 heavy (non-hydrogen) atoms. The van der Waals surface area contributed by atoms with Gasteiger partial charge in [-0.1, -0.05) is 12.1 Å². The zero-order chi connectivity index (χ0) is 21.5. The number of ether oxygens (including phenoxy) is 2. The van der Waals surface area contributed by atoms with E-state index in [1.165, 1.54) is 0 Å². The molecule has 0 spiro atoms. The third kappa shape index (κ3) is 5.76. The Morgan fingerprint density at radius 3 is 2.52 bits per heavy atom. The molecule has 1 aliphatic heterocycles. The Kier molecular flexibility index (Phi) is 7.04. The molecular weight excluding hydrogens is 394 g/mol. The number of hydrogen-bond donors (Lipinski definition) is 1. The maximum atomic E-state index is 12.3. The lowest BCUT2D eigenvalue weighted by molar-refractivity contribution is -0.122. The van der Waals surface area contributed by atoms with Gasteiger partial charge in [-0.25, -0.2) is 4.98 Å². The predicted octanol–water partition coefficient (Wildman–Crippen LogP) is 3.60. The van der Waals surface area contributed by atoms with Crippen LogP contribution in [0.2, 0.25) is 0 Å². The molecule has 0 aliphatic carbocycles. The fourth-order valence-electron chi connectivity index (χ4n) is 3.82. The van der Waals surface area contributed by atoms with E-state index < -0.39 is 0 Å². The second-order valence-electron chi connectivity index (χ2n) is 7.67. The molecule has 1 fully saturated rings. The number of hydrogen-bond acceptors (Lipinski definition) is 6. The van der Waals surface area contributed by atoms with Gasteiger partial charge in [0.1, 0.15) is 23.6 Å². The molecule has 1 aromatic heterocycles. The largest absolute Gasteiger partial charge is 0.494 e. The summed E-state index contributed by atoms with van der Waals surface area (Å²) in [6.07, 6.45) is 1.89. The standard InChI is InChI=1S/C24H29N3O4/c1-2-29-19-7-9-20(10-8-19)30-16-13-25-23(28)17-27-14-11-18(12-15-27)24-26-21-5-3-4-6-22(21)31-24/h3-10,18H,2,11-17H2,1H3,(H,25,28). The number of carbonyl (C=O) groups excluding carboxylic acids is 1. The molecule has 2 aromatic carbocycles. The first-order chi connectivity index (χ1) is 15.2. The molecule has 1 amide bonds. The van der Waals surface area contributed by atoms with Crippen LogP contribution in [0.5, 0.6) is 11.5 Å². The number of fused-ring (bicyclic) bond motifs is 1. The topological polar surface area (TPSA) is 76.8 Å². The van der Waals surface area contributed by atoms with Crippen molar-refractivity contribution < 1.29 is 18.7 Å². The third-order valence-corrected chi connectivity index (χ3v) is 5.44. The molecule has 0 radical (unpaired) electrons. The minimum atomic E-state index is 0.0237. The van der Waals surface area contributed by atoms with Gasteiger partial charge in [0.2, 0.25) is 5.91 Å². The van der Waals surface area contributed by atoms with Crippen molar-refractivity contribution in [1.29, 1.82) is 0 Å². The average molecular weight is 424 g/mol. The van der Waals surface area contributed by atoms with Crippen molar-refractivity contribution in [2.45, 2.75) is 25.7 Å². The molecule has 1 aliphatic rings. The number of para-hydroxylation sites is 2. The van der Waals surface area contributed by atoms with Crippen LogP contribution >= 0.6 is 0 Å². The lowest BCUT2D eigenvalue weighted by Crippen LogP contribution is -2.42. The van der Waals surface area contributed by atoms with E-state index in [2.05, 4.69) is 15.2 Å². The Hall–Kier alpha value is -3.06. The van der Waals surface area contributed by atoms with Gasteiger partial charge in [0.25, 0.3) is 0 Å². The molecule has 164 valence electrons. The van der Waals surface area contributed by atoms with Crippen molar-refractivity contribution in [3.05, 3.63) is 54.4 Å². The van der Waals surface area contributed by atoms with Crippen LogP contribution in [0.25, 0.3) is 11.1 Å². The van der Waals surface area contributed by atoms with Crippen molar-refractivity contribution in [1.82, 2.24) is 15.2 Å². The van der Waals surface area contributed by atoms with E-state index in [0.717, 1.165) is 54.4 Å². The molecule has 2 heterocycles. The summed E-state index contributed by atoms with van der Waals surface area (Å²) in [5, 5.41) is 2.93. The Morgan fingerprint density at radius 1 is 1.10 bits per heavy atom. The maximum Gasteiger partial charge on any atom is 0.234 e. The minimum Gasteiger partial charge on any atom is -0.494 e. The van der Waals surface area contributed by atoms with Crippen molar-refractivity contribution in [3.8, 4) is 11.5 Å². The third-order valence-electron chi connectivity index (χ3n) is 5.44. The van der Waals surface area contributed by atoms with Crippen LogP contribution in [-0.4, -0.2) is 55.2 Å². The van der Waals surface area contributed by atoms with Gasteiger partial charge in [0, 0.05) is 5.92 Å². The average Bonchev–Trinajstić information content (AvgIpc) is 3.23. The number of oxazole rings is 1. The molecular formula is C24H29N3O4. The number of rotatable bonds is 9. The number of aromatic nitrogens is 1. The highest BCUT2D eigenvalue weighted by Gasteiger charge is 2.25. The Bertz CT molecular complexity index is 945. The molecule has 0 atom stereocenters. The van der Waals surface area contributed by atoms with Gasteiger partial charge in [-0.15, -0.1) is 0 Å². The summed E-state index contributed by atoms with van der Waals surface area (Å²) < 4.78 is 17.0. The number of carbonyl (C=O) groups is 1. The summed E-state index contributed by atoms with van der Waals surface area (Å²) in [5.74, 6) is 2.74. The number of likely N-dealkylation sites (tertiary alicyclic amines) is 1. The highest BCUT2D eigenvalue weighted by atomic mass is 16.5. The van der Waals surface area contributed by atoms with Gasteiger partial charge >= 0.3 is 0 Å². The van der Waals surface area contributed by atoms with E-state index in [1.807, 2.05) is 55.5 Å². The first kappa shape index (κ1) is 21.2. The summed E-state index contributed by atoms with van der Waals surface area (Å²) in [4.78, 5) is 19.1. The number of nitrogens with one attached hydrogen (secondary N) is 1. The molecule has 0 bridgehead atoms. The van der Waals surface area contributed by atoms with E-state index in [9.17, 15) is 4.79 Å². The van der Waals surface area contributed by atoms with Gasteiger partial charge in [-0.05, 0) is 69.3 Å². The number of amides is 1. The lowest BCUT2D eigenvalue weighted by atomic mass is 9.97. The fraction of sp³-hybridized carbons (Fsp3) is 0.417. The Morgan fingerprint density at radius 2 is 1.81 bits per heavy atom. The lowest BCUT2D eigenvalue weighted by Gasteiger charge is -2.29. The first-order valence-electron chi connectivity index (χ1n) is 10.9. The summed E-state index contributed by atoms with van der Waals surface area (Å²) >= 11 is 0. The quantitative estimate of drug-likeness (QED) is 0.530. The van der Waals surface area contributed by atoms with Crippen LogP contribution in [0.15, 0.2) is 52.9 Å². The Balaban J connectivity index is 1.14. The smallest absolute Gasteiger partial charge is 0.234 e. The van der Waals surface area contributed by atoms with Crippen LogP contribution in [0.4, 0.5) is 0 Å². The van der Waals surface area contributed by atoms with Crippen molar-refractivity contribution >= 4 is 17.0 Å². The Labute approximate surface area is 182 Å². The summed E-state index contributed by atoms with van der Waals surface area (Å²) in [6, 6.07) is 15.3. The van der Waals surface area contributed by atoms with Crippen LogP contribution in [0.1, 0.15) is 31.6 Å². The van der Waals surface area contributed by atoms with Gasteiger partial charge in [0.05, 0.1) is 19.7 Å². The van der Waals surface area contributed by atoms with Crippen LogP contribution in [0, 0.1) is 0 Å². The van der Waals surface area contributed by atoms with Gasteiger partial charge in [-0.3, -0.25) is 9.69 Å². The zero-order valence-corrected chi connectivity index (χ0v) is 17.9. The van der Waals surface area contributed by atoms with Gasteiger partial charge < -0.3 is 19.2 Å². The minimum absolute atomic E-state index is 0.0237. The molecule has 1 saturated heterocycles. The molecule has 1 N–H and O–H groups in total. The highest BCUT2D eigenvalue weighted by Crippen LogP contribution is 2.29. The van der Waals surface area contributed by atoms with E-state index in [1.54, 1.807) is 0 Å². The second kappa shape index (κ2) is 10.3. The van der Waals surface area contributed by atoms with E-state index in [0.29, 0.717) is 32.2 Å². The zero-order valence-electron chi connectivity index (χ0n) is 17.9. The fourth-order valence-corrected chi connectivity index (χ4v) is 3.82. The van der Waals surface area contributed by atoms with Crippen molar-refractivity contribution in [2.75, 3.05) is 39.4 Å². The second-order valence-corrected chi connectivity index (χ2v) is 7.67. The number of benzene rings is 2. The summed E-state index contributed by atoms with van der Waals surface area (Å²) in [6.45, 7) is 5.63. The molecule has 0 unspecified atom stereocenters. The van der Waals surface area contributed by atoms with E-state index in [-0.39, 0.29) is 5.91 Å². The molecule has 4 rings (SSSR count). The van der Waals surface area contributed by atoms with Crippen molar-refractivity contribution in [2.24, 2.45) is 0 Å². The molecule has 3 aromatic rings. The predicted molar refractivity (Wildman–Crippen MR) is 119 cm³/mol. The van der Waals surface area contributed by atoms with E-state index >= 15 is 0 Å². The maximum absolute atomic E-state index is 12.3. The highest BCUT2D eigenvalue weighted by molar-refractivity contribution is 5.78. The monoisotopic (exact) mass is 423 g/mol. The normalized spacial score (nSPS) is 15.1. The number of nitrogens with zero attached hydrogens (tertiary/aromatic N) is 2. The van der Waals surface area contributed by atoms with Crippen LogP contribution in [0.3, 0.4) is 0 Å². The van der Waals surface area contributed by atoms with Crippen LogP contribution in [-0.2, 0) is 4.79 Å². The van der Waals surface area contributed by atoms with Gasteiger partial charge in [0.15, 0.2) is 11.5 Å². The van der Waals surface area contributed by atoms with Gasteiger partial charge in [-0.2, -0.15) is 0 Å². The number of piperidine rings is 1.